The fourth-order valence-electron chi connectivity index (χ4n) is 1.84. The Hall–Kier alpha value is -2.01. The molecule has 0 saturated carbocycles. The van der Waals surface area contributed by atoms with Crippen molar-refractivity contribution in [3.05, 3.63) is 53.9 Å². The predicted octanol–water partition coefficient (Wildman–Crippen LogP) is 1.88. The topological polar surface area (TPSA) is 55.2 Å². The molecule has 1 aromatic carbocycles. The van der Waals surface area contributed by atoms with Crippen molar-refractivity contribution in [1.29, 1.82) is 0 Å². The van der Waals surface area contributed by atoms with Gasteiger partial charge in [0.25, 0.3) is 0 Å². The van der Waals surface area contributed by atoms with Gasteiger partial charge in [0.1, 0.15) is 23.5 Å². The molecular formula is C13H13FN2O2. The van der Waals surface area contributed by atoms with Crippen LogP contribution in [0, 0.1) is 5.82 Å². The van der Waals surface area contributed by atoms with Crippen molar-refractivity contribution in [3.8, 4) is 5.75 Å². The maximum Gasteiger partial charge on any atom is 0.133 e. The number of methoxy groups -OCH3 is 1. The second kappa shape index (κ2) is 4.70. The van der Waals surface area contributed by atoms with E-state index in [1.807, 2.05) is 0 Å². The van der Waals surface area contributed by atoms with E-state index in [2.05, 4.69) is 9.97 Å². The van der Waals surface area contributed by atoms with Crippen LogP contribution in [0.15, 0.2) is 36.9 Å². The number of benzene rings is 1. The van der Waals surface area contributed by atoms with Crippen LogP contribution in [0.4, 0.5) is 4.39 Å². The number of ether oxygens (including phenoxy) is 1. The van der Waals surface area contributed by atoms with E-state index in [1.54, 1.807) is 6.07 Å². The molecule has 0 aliphatic heterocycles. The Morgan fingerprint density at radius 3 is 2.56 bits per heavy atom. The second-order valence-electron chi connectivity index (χ2n) is 4.02. The van der Waals surface area contributed by atoms with Gasteiger partial charge in [-0.05, 0) is 19.1 Å². The van der Waals surface area contributed by atoms with Gasteiger partial charge in [0, 0.05) is 18.0 Å². The number of nitrogens with zero attached hydrogens (tertiary/aromatic N) is 2. The number of halogens is 1. The van der Waals surface area contributed by atoms with Crippen molar-refractivity contribution in [3.63, 3.8) is 0 Å². The summed E-state index contributed by atoms with van der Waals surface area (Å²) in [5, 5.41) is 10.5. The third-order valence-electron chi connectivity index (χ3n) is 2.80. The molecule has 1 aromatic heterocycles. The summed E-state index contributed by atoms with van der Waals surface area (Å²) >= 11 is 0. The first kappa shape index (κ1) is 12.4. The highest BCUT2D eigenvalue weighted by Crippen LogP contribution is 2.36. The first-order valence-corrected chi connectivity index (χ1v) is 5.38. The molecule has 1 heterocycles. The van der Waals surface area contributed by atoms with Gasteiger partial charge in [-0.3, -0.25) is 0 Å². The molecule has 1 N–H and O–H groups in total. The molecule has 0 spiro atoms. The Bertz CT molecular complexity index is 544. The molecule has 2 aromatic rings. The van der Waals surface area contributed by atoms with Crippen LogP contribution in [-0.2, 0) is 5.60 Å². The van der Waals surface area contributed by atoms with Gasteiger partial charge >= 0.3 is 0 Å². The summed E-state index contributed by atoms with van der Waals surface area (Å²) in [5.74, 6) is -0.257. The van der Waals surface area contributed by atoms with Gasteiger partial charge in [-0.25, -0.2) is 14.4 Å². The molecule has 5 heteroatoms. The zero-order valence-electron chi connectivity index (χ0n) is 10.1. The van der Waals surface area contributed by atoms with Gasteiger partial charge in [0.05, 0.1) is 12.7 Å². The monoisotopic (exact) mass is 248 g/mol. The van der Waals surface area contributed by atoms with Gasteiger partial charge in [0.2, 0.25) is 0 Å². The number of aromatic nitrogens is 2. The Morgan fingerprint density at radius 1 is 1.28 bits per heavy atom. The van der Waals surface area contributed by atoms with Crippen LogP contribution >= 0.6 is 0 Å². The lowest BCUT2D eigenvalue weighted by atomic mass is 9.89. The van der Waals surface area contributed by atoms with Crippen molar-refractivity contribution in [2.45, 2.75) is 12.5 Å². The van der Waals surface area contributed by atoms with Crippen LogP contribution < -0.4 is 4.74 Å². The molecule has 94 valence electrons. The molecule has 18 heavy (non-hydrogen) atoms. The SMILES string of the molecule is COc1cccc(F)c1C(C)(O)c1cncnc1. The minimum absolute atomic E-state index is 0.0716. The van der Waals surface area contributed by atoms with Crippen molar-refractivity contribution in [2.24, 2.45) is 0 Å². The highest BCUT2D eigenvalue weighted by atomic mass is 19.1. The molecule has 1 atom stereocenters. The van der Waals surface area contributed by atoms with Gasteiger partial charge < -0.3 is 9.84 Å². The molecule has 4 nitrogen and oxygen atoms in total. The van der Waals surface area contributed by atoms with E-state index in [0.29, 0.717) is 5.56 Å². The maximum atomic E-state index is 13.9. The fraction of sp³-hybridized carbons (Fsp3) is 0.231. The van der Waals surface area contributed by atoms with E-state index in [-0.39, 0.29) is 11.3 Å². The number of hydrogen-bond donors (Lipinski definition) is 1. The van der Waals surface area contributed by atoms with Crippen LogP contribution in [0.2, 0.25) is 0 Å². The van der Waals surface area contributed by atoms with Crippen LogP contribution in [0.5, 0.6) is 5.75 Å². The first-order chi connectivity index (χ1) is 8.57. The lowest BCUT2D eigenvalue weighted by Crippen LogP contribution is -2.25. The minimum Gasteiger partial charge on any atom is -0.496 e. The molecule has 2 rings (SSSR count). The Morgan fingerprint density at radius 2 is 1.94 bits per heavy atom. The molecule has 0 aliphatic rings. The Balaban J connectivity index is 2.61. The van der Waals surface area contributed by atoms with Gasteiger partial charge in [-0.2, -0.15) is 0 Å². The molecule has 0 amide bonds. The summed E-state index contributed by atoms with van der Waals surface area (Å²) in [4.78, 5) is 7.65. The van der Waals surface area contributed by atoms with Crippen LogP contribution in [0.25, 0.3) is 0 Å². The molecular weight excluding hydrogens is 235 g/mol. The van der Waals surface area contributed by atoms with E-state index in [1.165, 1.54) is 44.9 Å². The Labute approximate surface area is 104 Å². The number of aliphatic hydroxyl groups is 1. The van der Waals surface area contributed by atoms with Crippen molar-refractivity contribution >= 4 is 0 Å². The molecule has 0 fully saturated rings. The second-order valence-corrected chi connectivity index (χ2v) is 4.02. The first-order valence-electron chi connectivity index (χ1n) is 5.38. The zero-order valence-corrected chi connectivity index (χ0v) is 10.1. The summed E-state index contributed by atoms with van der Waals surface area (Å²) in [6.07, 6.45) is 4.23. The van der Waals surface area contributed by atoms with Gasteiger partial charge in [-0.15, -0.1) is 0 Å². The summed E-state index contributed by atoms with van der Waals surface area (Å²) in [6.45, 7) is 1.48. The summed E-state index contributed by atoms with van der Waals surface area (Å²) < 4.78 is 19.0. The Kier molecular flexibility index (Phi) is 3.25. The quantitative estimate of drug-likeness (QED) is 0.901. The van der Waals surface area contributed by atoms with E-state index >= 15 is 0 Å². The summed E-state index contributed by atoms with van der Waals surface area (Å²) in [6, 6.07) is 4.39. The van der Waals surface area contributed by atoms with E-state index in [9.17, 15) is 9.50 Å². The van der Waals surface area contributed by atoms with Crippen molar-refractivity contribution in [1.82, 2.24) is 9.97 Å². The lowest BCUT2D eigenvalue weighted by Gasteiger charge is -2.25. The zero-order chi connectivity index (χ0) is 13.2. The molecule has 0 aliphatic carbocycles. The molecule has 0 bridgehead atoms. The third-order valence-corrected chi connectivity index (χ3v) is 2.80. The minimum atomic E-state index is -1.56. The highest BCUT2D eigenvalue weighted by molar-refractivity contribution is 5.43. The smallest absolute Gasteiger partial charge is 0.133 e. The average molecular weight is 248 g/mol. The van der Waals surface area contributed by atoms with E-state index < -0.39 is 11.4 Å². The molecule has 0 saturated heterocycles. The normalized spacial score (nSPS) is 14.0. The largest absolute Gasteiger partial charge is 0.496 e. The number of rotatable bonds is 3. The van der Waals surface area contributed by atoms with Crippen molar-refractivity contribution < 1.29 is 14.2 Å². The van der Waals surface area contributed by atoms with E-state index in [4.69, 9.17) is 4.74 Å². The van der Waals surface area contributed by atoms with E-state index in [0.717, 1.165) is 0 Å². The van der Waals surface area contributed by atoms with Crippen LogP contribution in [0.3, 0.4) is 0 Å². The number of hydrogen-bond acceptors (Lipinski definition) is 4. The van der Waals surface area contributed by atoms with Gasteiger partial charge in [0.15, 0.2) is 0 Å². The van der Waals surface area contributed by atoms with Gasteiger partial charge in [-0.1, -0.05) is 6.07 Å². The summed E-state index contributed by atoms with van der Waals surface area (Å²) in [5.41, 5.74) is -1.09. The third kappa shape index (κ3) is 2.04. The standard InChI is InChI=1S/C13H13FN2O2/c1-13(17,9-6-15-8-16-7-9)12-10(14)4-3-5-11(12)18-2/h3-8,17H,1-2H3. The molecule has 0 radical (unpaired) electrons. The van der Waals surface area contributed by atoms with Crippen molar-refractivity contribution in [2.75, 3.05) is 7.11 Å². The van der Waals surface area contributed by atoms with Crippen LogP contribution in [-0.4, -0.2) is 22.2 Å². The molecule has 1 unspecified atom stereocenters. The maximum absolute atomic E-state index is 13.9. The fourth-order valence-corrected chi connectivity index (χ4v) is 1.84. The summed E-state index contributed by atoms with van der Waals surface area (Å²) in [7, 11) is 1.43. The van der Waals surface area contributed by atoms with Crippen LogP contribution in [0.1, 0.15) is 18.1 Å². The predicted molar refractivity (Wildman–Crippen MR) is 63.7 cm³/mol. The lowest BCUT2D eigenvalue weighted by molar-refractivity contribution is 0.0937. The highest BCUT2D eigenvalue weighted by Gasteiger charge is 2.32. The average Bonchev–Trinajstić information content (AvgIpc) is 2.39.